The first-order valence-electron chi connectivity index (χ1n) is 7.10. The maximum Gasteiger partial charge on any atom is 0.267 e. The first-order chi connectivity index (χ1) is 10.2. The molecular weight excluding hydrogens is 284 g/mol. The number of nitrogens with two attached hydrogens (primary N) is 1. The number of hydrogen-bond acceptors (Lipinski definition) is 5. The van der Waals surface area contributed by atoms with E-state index in [1.54, 1.807) is 4.90 Å². The molecule has 0 radical (unpaired) electrons. The van der Waals surface area contributed by atoms with Gasteiger partial charge in [0.2, 0.25) is 0 Å². The van der Waals surface area contributed by atoms with E-state index >= 15 is 0 Å². The van der Waals surface area contributed by atoms with E-state index in [4.69, 9.17) is 5.73 Å². The Morgan fingerprint density at radius 2 is 2.19 bits per heavy atom. The third-order valence-electron chi connectivity index (χ3n) is 3.23. The van der Waals surface area contributed by atoms with Gasteiger partial charge in [0.15, 0.2) is 0 Å². The van der Waals surface area contributed by atoms with Gasteiger partial charge in [0.1, 0.15) is 4.88 Å². The van der Waals surface area contributed by atoms with E-state index in [-0.39, 0.29) is 5.91 Å². The number of rotatable bonds is 6. The number of benzene rings is 1. The molecule has 0 aliphatic carbocycles. The van der Waals surface area contributed by atoms with Crippen LogP contribution >= 0.6 is 11.5 Å². The minimum absolute atomic E-state index is 0.00151. The fraction of sp³-hybridized carbons (Fsp3) is 0.400. The van der Waals surface area contributed by atoms with Gasteiger partial charge in [0.05, 0.1) is 5.69 Å². The molecule has 6 heteroatoms. The van der Waals surface area contributed by atoms with Crippen molar-refractivity contribution in [2.75, 3.05) is 12.3 Å². The largest absolute Gasteiger partial charge is 0.399 e. The van der Waals surface area contributed by atoms with Crippen LogP contribution in [-0.2, 0) is 13.0 Å². The fourth-order valence-corrected chi connectivity index (χ4v) is 2.83. The SMILES string of the molecule is CCCc1nnsc1C(=O)N(CC)Cc1cccc(N)c1. The normalized spacial score (nSPS) is 10.6. The summed E-state index contributed by atoms with van der Waals surface area (Å²) in [5.41, 5.74) is 8.33. The van der Waals surface area contributed by atoms with Crippen LogP contribution in [0, 0.1) is 0 Å². The molecular formula is C15H20N4OS. The molecule has 2 rings (SSSR count). The average molecular weight is 304 g/mol. The van der Waals surface area contributed by atoms with Gasteiger partial charge in [-0.15, -0.1) is 5.10 Å². The molecule has 21 heavy (non-hydrogen) atoms. The van der Waals surface area contributed by atoms with E-state index in [2.05, 4.69) is 16.5 Å². The number of nitrogens with zero attached hydrogens (tertiary/aromatic N) is 3. The van der Waals surface area contributed by atoms with Crippen molar-refractivity contribution >= 4 is 23.1 Å². The van der Waals surface area contributed by atoms with Crippen LogP contribution in [0.25, 0.3) is 0 Å². The molecule has 0 aliphatic heterocycles. The maximum atomic E-state index is 12.6. The summed E-state index contributed by atoms with van der Waals surface area (Å²) in [4.78, 5) is 15.1. The van der Waals surface area contributed by atoms with Gasteiger partial charge in [-0.1, -0.05) is 30.0 Å². The van der Waals surface area contributed by atoms with E-state index in [9.17, 15) is 4.79 Å². The third-order valence-corrected chi connectivity index (χ3v) is 3.99. The van der Waals surface area contributed by atoms with Gasteiger partial charge >= 0.3 is 0 Å². The van der Waals surface area contributed by atoms with E-state index in [1.807, 2.05) is 31.2 Å². The summed E-state index contributed by atoms with van der Waals surface area (Å²) in [6.45, 7) is 5.22. The Labute approximate surface area is 128 Å². The van der Waals surface area contributed by atoms with E-state index in [0.29, 0.717) is 23.7 Å². The van der Waals surface area contributed by atoms with Gasteiger partial charge in [-0.25, -0.2) is 0 Å². The molecule has 0 fully saturated rings. The van der Waals surface area contributed by atoms with Crippen molar-refractivity contribution in [2.24, 2.45) is 0 Å². The van der Waals surface area contributed by atoms with Crippen LogP contribution < -0.4 is 5.73 Å². The first-order valence-corrected chi connectivity index (χ1v) is 7.88. The molecule has 1 aromatic heterocycles. The van der Waals surface area contributed by atoms with Gasteiger partial charge in [-0.2, -0.15) is 0 Å². The second-order valence-electron chi connectivity index (χ2n) is 4.86. The molecule has 1 amide bonds. The molecule has 2 aromatic rings. The lowest BCUT2D eigenvalue weighted by molar-refractivity contribution is 0.0756. The number of carbonyl (C=O) groups is 1. The number of hydrogen-bond donors (Lipinski definition) is 1. The molecule has 2 N–H and O–H groups in total. The zero-order valence-corrected chi connectivity index (χ0v) is 13.2. The van der Waals surface area contributed by atoms with Crippen molar-refractivity contribution in [3.63, 3.8) is 0 Å². The molecule has 112 valence electrons. The van der Waals surface area contributed by atoms with Crippen LogP contribution in [0.1, 0.15) is 41.2 Å². The minimum atomic E-state index is -0.00151. The number of nitrogen functional groups attached to an aromatic ring is 1. The molecule has 0 saturated heterocycles. The molecule has 0 aliphatic rings. The Morgan fingerprint density at radius 1 is 1.38 bits per heavy atom. The molecule has 0 saturated carbocycles. The number of anilines is 1. The lowest BCUT2D eigenvalue weighted by Gasteiger charge is -2.20. The van der Waals surface area contributed by atoms with Crippen molar-refractivity contribution in [3.05, 3.63) is 40.4 Å². The van der Waals surface area contributed by atoms with Gasteiger partial charge in [-0.05, 0) is 42.6 Å². The Hall–Kier alpha value is -1.95. The summed E-state index contributed by atoms with van der Waals surface area (Å²) in [7, 11) is 0. The highest BCUT2D eigenvalue weighted by molar-refractivity contribution is 7.08. The minimum Gasteiger partial charge on any atom is -0.399 e. The van der Waals surface area contributed by atoms with Gasteiger partial charge < -0.3 is 10.6 Å². The summed E-state index contributed by atoms with van der Waals surface area (Å²) in [6.07, 6.45) is 1.74. The Kier molecular flexibility index (Phi) is 5.27. The quantitative estimate of drug-likeness (QED) is 0.833. The van der Waals surface area contributed by atoms with Crippen LogP contribution in [0.3, 0.4) is 0 Å². The predicted octanol–water partition coefficient (Wildman–Crippen LogP) is 2.74. The molecule has 0 spiro atoms. The summed E-state index contributed by atoms with van der Waals surface area (Å²) >= 11 is 1.18. The zero-order chi connectivity index (χ0) is 15.2. The van der Waals surface area contributed by atoms with Crippen LogP contribution in [0.5, 0.6) is 0 Å². The molecule has 1 heterocycles. The van der Waals surface area contributed by atoms with Crippen molar-refractivity contribution < 1.29 is 4.79 Å². The fourth-order valence-electron chi connectivity index (χ4n) is 2.15. The Balaban J connectivity index is 2.16. The highest BCUT2D eigenvalue weighted by Gasteiger charge is 2.21. The standard InChI is InChI=1S/C15H20N4OS/c1-3-6-13-14(21-18-17-13)15(20)19(4-2)10-11-7-5-8-12(16)9-11/h5,7-9H,3-4,6,10,16H2,1-2H3. The van der Waals surface area contributed by atoms with Gasteiger partial charge in [-0.3, -0.25) is 4.79 Å². The monoisotopic (exact) mass is 304 g/mol. The van der Waals surface area contributed by atoms with E-state index in [0.717, 1.165) is 24.1 Å². The maximum absolute atomic E-state index is 12.6. The Morgan fingerprint density at radius 3 is 2.86 bits per heavy atom. The second-order valence-corrected chi connectivity index (χ2v) is 5.62. The zero-order valence-electron chi connectivity index (χ0n) is 12.4. The van der Waals surface area contributed by atoms with Gasteiger partial charge in [0, 0.05) is 18.8 Å². The van der Waals surface area contributed by atoms with Crippen LogP contribution in [0.2, 0.25) is 0 Å². The average Bonchev–Trinajstić information content (AvgIpc) is 2.93. The molecule has 0 bridgehead atoms. The van der Waals surface area contributed by atoms with E-state index < -0.39 is 0 Å². The summed E-state index contributed by atoms with van der Waals surface area (Å²) in [5, 5.41) is 4.07. The first kappa shape index (κ1) is 15.4. The summed E-state index contributed by atoms with van der Waals surface area (Å²) < 4.78 is 3.92. The lowest BCUT2D eigenvalue weighted by atomic mass is 10.1. The highest BCUT2D eigenvalue weighted by atomic mass is 32.1. The van der Waals surface area contributed by atoms with E-state index in [1.165, 1.54) is 11.5 Å². The van der Waals surface area contributed by atoms with Crippen molar-refractivity contribution in [2.45, 2.75) is 33.2 Å². The number of aromatic nitrogens is 2. The van der Waals surface area contributed by atoms with Crippen LogP contribution in [0.4, 0.5) is 5.69 Å². The van der Waals surface area contributed by atoms with Crippen molar-refractivity contribution in [1.29, 1.82) is 0 Å². The summed E-state index contributed by atoms with van der Waals surface area (Å²) in [6, 6.07) is 7.62. The number of amides is 1. The predicted molar refractivity (Wildman–Crippen MR) is 85.2 cm³/mol. The van der Waals surface area contributed by atoms with Crippen LogP contribution in [-0.4, -0.2) is 26.9 Å². The summed E-state index contributed by atoms with van der Waals surface area (Å²) in [5.74, 6) is -0.00151. The molecule has 0 unspecified atom stereocenters. The van der Waals surface area contributed by atoms with Crippen molar-refractivity contribution in [3.8, 4) is 0 Å². The number of carbonyl (C=O) groups excluding carboxylic acids is 1. The molecule has 1 aromatic carbocycles. The second kappa shape index (κ2) is 7.17. The third kappa shape index (κ3) is 3.78. The van der Waals surface area contributed by atoms with Gasteiger partial charge in [0.25, 0.3) is 5.91 Å². The molecule has 5 nitrogen and oxygen atoms in total. The number of aryl methyl sites for hydroxylation is 1. The molecule has 0 atom stereocenters. The lowest BCUT2D eigenvalue weighted by Crippen LogP contribution is -2.30. The topological polar surface area (TPSA) is 72.1 Å². The van der Waals surface area contributed by atoms with Crippen LogP contribution in [0.15, 0.2) is 24.3 Å². The Bertz CT molecular complexity index is 611. The smallest absolute Gasteiger partial charge is 0.267 e. The van der Waals surface area contributed by atoms with Crippen molar-refractivity contribution in [1.82, 2.24) is 14.5 Å². The highest BCUT2D eigenvalue weighted by Crippen LogP contribution is 2.18.